The molecule has 1 amide bonds. The van der Waals surface area contributed by atoms with Crippen molar-refractivity contribution in [2.24, 2.45) is 0 Å². The number of hydrogen-bond donors (Lipinski definition) is 1. The van der Waals surface area contributed by atoms with Gasteiger partial charge in [0.05, 0.1) is 6.10 Å². The van der Waals surface area contributed by atoms with E-state index in [1.54, 1.807) is 4.90 Å². The molecule has 0 atom stereocenters. The molecule has 0 heterocycles. The van der Waals surface area contributed by atoms with Crippen LogP contribution in [0.15, 0.2) is 0 Å². The number of hydrogen-bond acceptors (Lipinski definition) is 4. The second kappa shape index (κ2) is 8.59. The highest BCUT2D eigenvalue weighted by atomic mass is 16.6. The van der Waals surface area contributed by atoms with Crippen molar-refractivity contribution < 1.29 is 14.3 Å². The third-order valence-electron chi connectivity index (χ3n) is 3.46. The van der Waals surface area contributed by atoms with Crippen LogP contribution in [0.3, 0.4) is 0 Å². The molecule has 1 saturated carbocycles. The Morgan fingerprint density at radius 2 is 1.90 bits per heavy atom. The Morgan fingerprint density at radius 3 is 2.43 bits per heavy atom. The van der Waals surface area contributed by atoms with Gasteiger partial charge in [-0.1, -0.05) is 6.92 Å². The van der Waals surface area contributed by atoms with Gasteiger partial charge in [0.15, 0.2) is 0 Å². The van der Waals surface area contributed by atoms with Gasteiger partial charge in [-0.25, -0.2) is 4.79 Å². The third kappa shape index (κ3) is 7.14. The highest BCUT2D eigenvalue weighted by Crippen LogP contribution is 2.22. The van der Waals surface area contributed by atoms with Gasteiger partial charge in [0.2, 0.25) is 0 Å². The van der Waals surface area contributed by atoms with E-state index in [0.717, 1.165) is 39.0 Å². The lowest BCUT2D eigenvalue weighted by Crippen LogP contribution is -2.48. The number of ether oxygens (including phenoxy) is 2. The lowest BCUT2D eigenvalue weighted by atomic mass is 9.89. The first-order chi connectivity index (χ1) is 9.85. The van der Waals surface area contributed by atoms with Gasteiger partial charge in [0.25, 0.3) is 0 Å². The van der Waals surface area contributed by atoms with E-state index in [1.807, 2.05) is 27.7 Å². The maximum atomic E-state index is 12.1. The predicted octanol–water partition coefficient (Wildman–Crippen LogP) is 2.79. The SMILES string of the molecule is CCCN(CCNC1CC(OCC)C1)C(=O)OC(C)(C)C. The Morgan fingerprint density at radius 1 is 1.24 bits per heavy atom. The van der Waals surface area contributed by atoms with Crippen LogP contribution in [-0.4, -0.2) is 55.0 Å². The molecular formula is C16H32N2O3. The monoisotopic (exact) mass is 300 g/mol. The van der Waals surface area contributed by atoms with Crippen molar-refractivity contribution in [2.45, 2.75) is 71.6 Å². The number of rotatable bonds is 8. The van der Waals surface area contributed by atoms with Crippen molar-refractivity contribution in [2.75, 3.05) is 26.2 Å². The summed E-state index contributed by atoms with van der Waals surface area (Å²) in [5.41, 5.74) is -0.435. The zero-order valence-corrected chi connectivity index (χ0v) is 14.3. The molecule has 0 aromatic carbocycles. The molecule has 124 valence electrons. The summed E-state index contributed by atoms with van der Waals surface area (Å²) in [6.45, 7) is 12.8. The lowest BCUT2D eigenvalue weighted by Gasteiger charge is -2.36. The van der Waals surface area contributed by atoms with Crippen LogP contribution >= 0.6 is 0 Å². The molecule has 0 aromatic rings. The maximum absolute atomic E-state index is 12.1. The summed E-state index contributed by atoms with van der Waals surface area (Å²) in [5.74, 6) is 0. The molecule has 0 bridgehead atoms. The first kappa shape index (κ1) is 18.2. The van der Waals surface area contributed by atoms with Crippen LogP contribution in [-0.2, 0) is 9.47 Å². The Bertz CT molecular complexity index is 309. The fourth-order valence-electron chi connectivity index (χ4n) is 2.40. The standard InChI is InChI=1S/C16H32N2O3/c1-6-9-18(15(19)21-16(3,4)5)10-8-17-13-11-14(12-13)20-7-2/h13-14,17H,6-12H2,1-5H3. The lowest BCUT2D eigenvalue weighted by molar-refractivity contribution is -0.0108. The molecule has 21 heavy (non-hydrogen) atoms. The zero-order chi connectivity index (χ0) is 15.9. The maximum Gasteiger partial charge on any atom is 0.410 e. The van der Waals surface area contributed by atoms with E-state index in [4.69, 9.17) is 9.47 Å². The Hall–Kier alpha value is -0.810. The Balaban J connectivity index is 2.24. The van der Waals surface area contributed by atoms with Crippen molar-refractivity contribution in [3.63, 3.8) is 0 Å². The normalized spacial score (nSPS) is 21.8. The molecule has 5 heteroatoms. The average Bonchev–Trinajstić information content (AvgIpc) is 2.32. The topological polar surface area (TPSA) is 50.8 Å². The fraction of sp³-hybridized carbons (Fsp3) is 0.938. The van der Waals surface area contributed by atoms with Gasteiger partial charge in [0.1, 0.15) is 5.60 Å². The molecular weight excluding hydrogens is 268 g/mol. The van der Waals surface area contributed by atoms with Crippen molar-refractivity contribution >= 4 is 6.09 Å². The number of carbonyl (C=O) groups excluding carboxylic acids is 1. The number of amides is 1. The number of nitrogens with zero attached hydrogens (tertiary/aromatic N) is 1. The van der Waals surface area contributed by atoms with Crippen LogP contribution in [0.2, 0.25) is 0 Å². The number of carbonyl (C=O) groups is 1. The van der Waals surface area contributed by atoms with Crippen LogP contribution in [0.5, 0.6) is 0 Å². The van der Waals surface area contributed by atoms with Crippen molar-refractivity contribution in [1.29, 1.82) is 0 Å². The van der Waals surface area contributed by atoms with E-state index in [0.29, 0.717) is 18.7 Å². The van der Waals surface area contributed by atoms with Crippen LogP contribution in [0.1, 0.15) is 53.9 Å². The molecule has 1 aliphatic carbocycles. The largest absolute Gasteiger partial charge is 0.444 e. The molecule has 1 N–H and O–H groups in total. The summed E-state index contributed by atoms with van der Waals surface area (Å²) in [6.07, 6.45) is 3.30. The summed E-state index contributed by atoms with van der Waals surface area (Å²) >= 11 is 0. The molecule has 0 radical (unpaired) electrons. The second-order valence-corrected chi connectivity index (χ2v) is 6.67. The van der Waals surface area contributed by atoms with Crippen LogP contribution < -0.4 is 5.32 Å². The first-order valence-electron chi connectivity index (χ1n) is 8.18. The van der Waals surface area contributed by atoms with E-state index in [-0.39, 0.29) is 6.09 Å². The van der Waals surface area contributed by atoms with Gasteiger partial charge in [-0.3, -0.25) is 0 Å². The van der Waals surface area contributed by atoms with Crippen LogP contribution in [0.4, 0.5) is 4.79 Å². The molecule has 0 unspecified atom stereocenters. The van der Waals surface area contributed by atoms with E-state index in [2.05, 4.69) is 12.2 Å². The molecule has 1 fully saturated rings. The molecule has 0 aromatic heterocycles. The molecule has 0 aliphatic heterocycles. The summed E-state index contributed by atoms with van der Waals surface area (Å²) in [4.78, 5) is 13.9. The van der Waals surface area contributed by atoms with Crippen LogP contribution in [0, 0.1) is 0 Å². The summed E-state index contributed by atoms with van der Waals surface area (Å²) in [6, 6.07) is 0.531. The van der Waals surface area contributed by atoms with E-state index in [9.17, 15) is 4.79 Å². The minimum atomic E-state index is -0.435. The molecule has 0 spiro atoms. The quantitative estimate of drug-likeness (QED) is 0.749. The minimum absolute atomic E-state index is 0.216. The Kier molecular flexibility index (Phi) is 7.46. The Labute approximate surface area is 129 Å². The van der Waals surface area contributed by atoms with Gasteiger partial charge in [0, 0.05) is 32.3 Å². The average molecular weight is 300 g/mol. The molecule has 0 saturated heterocycles. The molecule has 1 aliphatic rings. The van der Waals surface area contributed by atoms with Crippen molar-refractivity contribution in [3.05, 3.63) is 0 Å². The summed E-state index contributed by atoms with van der Waals surface area (Å²) in [7, 11) is 0. The van der Waals surface area contributed by atoms with E-state index < -0.39 is 5.60 Å². The smallest absolute Gasteiger partial charge is 0.410 e. The third-order valence-corrected chi connectivity index (χ3v) is 3.46. The van der Waals surface area contributed by atoms with E-state index >= 15 is 0 Å². The number of nitrogens with one attached hydrogen (secondary N) is 1. The van der Waals surface area contributed by atoms with Crippen molar-refractivity contribution in [3.8, 4) is 0 Å². The fourth-order valence-corrected chi connectivity index (χ4v) is 2.40. The molecule has 5 nitrogen and oxygen atoms in total. The predicted molar refractivity (Wildman–Crippen MR) is 84.5 cm³/mol. The highest BCUT2D eigenvalue weighted by molar-refractivity contribution is 5.68. The minimum Gasteiger partial charge on any atom is -0.444 e. The van der Waals surface area contributed by atoms with Gasteiger partial charge in [-0.15, -0.1) is 0 Å². The van der Waals surface area contributed by atoms with Gasteiger partial charge < -0.3 is 19.7 Å². The molecule has 1 rings (SSSR count). The highest BCUT2D eigenvalue weighted by Gasteiger charge is 2.29. The van der Waals surface area contributed by atoms with Gasteiger partial charge >= 0.3 is 6.09 Å². The van der Waals surface area contributed by atoms with Gasteiger partial charge in [-0.2, -0.15) is 0 Å². The summed E-state index contributed by atoms with van der Waals surface area (Å²) in [5, 5.41) is 3.48. The van der Waals surface area contributed by atoms with E-state index in [1.165, 1.54) is 0 Å². The van der Waals surface area contributed by atoms with Gasteiger partial charge in [-0.05, 0) is 47.0 Å². The zero-order valence-electron chi connectivity index (χ0n) is 14.3. The first-order valence-corrected chi connectivity index (χ1v) is 8.18. The second-order valence-electron chi connectivity index (χ2n) is 6.67. The summed E-state index contributed by atoms with van der Waals surface area (Å²) < 4.78 is 11.0. The van der Waals surface area contributed by atoms with Crippen LogP contribution in [0.25, 0.3) is 0 Å². The van der Waals surface area contributed by atoms with Crippen molar-refractivity contribution in [1.82, 2.24) is 10.2 Å².